The average molecular weight is 352 g/mol. The Balaban J connectivity index is 1.75. The molecule has 0 aliphatic rings. The first kappa shape index (κ1) is 17.7. The fraction of sp³-hybridized carbons (Fsp3) is 0.176. The fourth-order valence-electron chi connectivity index (χ4n) is 1.81. The number of aryl methyl sites for hydroxylation is 1. The molecule has 126 valence electrons. The SMILES string of the molecule is Cc1cccc(OCC(=O)OCC(=O)Nc2ccc(Cl)cc2F)c1. The van der Waals surface area contributed by atoms with Gasteiger partial charge in [0.05, 0.1) is 5.69 Å². The molecule has 1 N–H and O–H groups in total. The van der Waals surface area contributed by atoms with Crippen LogP contribution in [-0.4, -0.2) is 25.1 Å². The maximum absolute atomic E-state index is 13.5. The van der Waals surface area contributed by atoms with E-state index >= 15 is 0 Å². The number of ether oxygens (including phenoxy) is 2. The smallest absolute Gasteiger partial charge is 0.344 e. The van der Waals surface area contributed by atoms with E-state index in [9.17, 15) is 14.0 Å². The Morgan fingerprint density at radius 2 is 1.96 bits per heavy atom. The van der Waals surface area contributed by atoms with Crippen molar-refractivity contribution in [1.82, 2.24) is 0 Å². The minimum atomic E-state index is -0.705. The summed E-state index contributed by atoms with van der Waals surface area (Å²) in [5, 5.41) is 2.50. The van der Waals surface area contributed by atoms with Gasteiger partial charge in [-0.15, -0.1) is 0 Å². The van der Waals surface area contributed by atoms with Crippen LogP contribution in [0, 0.1) is 12.7 Å². The van der Waals surface area contributed by atoms with Gasteiger partial charge < -0.3 is 14.8 Å². The molecule has 0 unspecified atom stereocenters. The van der Waals surface area contributed by atoms with E-state index in [1.54, 1.807) is 18.2 Å². The number of rotatable bonds is 6. The Morgan fingerprint density at radius 3 is 2.67 bits per heavy atom. The molecule has 7 heteroatoms. The second kappa shape index (κ2) is 8.31. The number of hydrogen-bond donors (Lipinski definition) is 1. The highest BCUT2D eigenvalue weighted by atomic mass is 35.5. The van der Waals surface area contributed by atoms with E-state index in [4.69, 9.17) is 21.1 Å². The molecule has 0 aliphatic heterocycles. The van der Waals surface area contributed by atoms with Crippen molar-refractivity contribution in [2.45, 2.75) is 6.92 Å². The van der Waals surface area contributed by atoms with Crippen LogP contribution in [0.15, 0.2) is 42.5 Å². The van der Waals surface area contributed by atoms with Gasteiger partial charge in [-0.1, -0.05) is 23.7 Å². The first-order valence-corrected chi connectivity index (χ1v) is 7.42. The molecular weight excluding hydrogens is 337 g/mol. The molecule has 0 aromatic heterocycles. The van der Waals surface area contributed by atoms with Gasteiger partial charge >= 0.3 is 5.97 Å². The van der Waals surface area contributed by atoms with E-state index in [1.807, 2.05) is 13.0 Å². The monoisotopic (exact) mass is 351 g/mol. The Hall–Kier alpha value is -2.60. The molecule has 0 saturated heterocycles. The lowest BCUT2D eigenvalue weighted by molar-refractivity contribution is -0.149. The van der Waals surface area contributed by atoms with E-state index in [0.29, 0.717) is 5.75 Å². The van der Waals surface area contributed by atoms with Gasteiger partial charge in [0.25, 0.3) is 5.91 Å². The highest BCUT2D eigenvalue weighted by molar-refractivity contribution is 6.30. The zero-order valence-corrected chi connectivity index (χ0v) is 13.6. The third-order valence-electron chi connectivity index (χ3n) is 2.92. The van der Waals surface area contributed by atoms with E-state index in [-0.39, 0.29) is 17.3 Å². The Labute approximate surface area is 143 Å². The van der Waals surface area contributed by atoms with Crippen LogP contribution in [0.25, 0.3) is 0 Å². The zero-order valence-electron chi connectivity index (χ0n) is 12.8. The maximum atomic E-state index is 13.5. The standard InChI is InChI=1S/C17H15ClFNO4/c1-11-3-2-4-13(7-11)23-10-17(22)24-9-16(21)20-15-6-5-12(18)8-14(15)19/h2-8H,9-10H2,1H3,(H,20,21). The van der Waals surface area contributed by atoms with Crippen molar-refractivity contribution in [1.29, 1.82) is 0 Å². The molecule has 0 bridgehead atoms. The summed E-state index contributed by atoms with van der Waals surface area (Å²) in [4.78, 5) is 23.2. The van der Waals surface area contributed by atoms with Crippen LogP contribution in [-0.2, 0) is 14.3 Å². The van der Waals surface area contributed by atoms with Crippen LogP contribution in [0.2, 0.25) is 5.02 Å². The van der Waals surface area contributed by atoms with E-state index < -0.39 is 24.3 Å². The molecule has 0 aliphatic carbocycles. The van der Waals surface area contributed by atoms with Gasteiger partial charge in [0.2, 0.25) is 0 Å². The van der Waals surface area contributed by atoms with Crippen LogP contribution in [0.5, 0.6) is 5.75 Å². The molecule has 2 rings (SSSR count). The molecule has 0 atom stereocenters. The number of anilines is 1. The Morgan fingerprint density at radius 1 is 1.17 bits per heavy atom. The summed E-state index contributed by atoms with van der Waals surface area (Å²) in [6, 6.07) is 11.0. The zero-order chi connectivity index (χ0) is 17.5. The number of nitrogens with one attached hydrogen (secondary N) is 1. The van der Waals surface area contributed by atoms with Crippen molar-refractivity contribution in [2.75, 3.05) is 18.5 Å². The van der Waals surface area contributed by atoms with Gasteiger partial charge in [-0.25, -0.2) is 9.18 Å². The predicted molar refractivity (Wildman–Crippen MR) is 87.7 cm³/mol. The minimum absolute atomic E-state index is 0.0449. The molecule has 0 heterocycles. The molecule has 5 nitrogen and oxygen atoms in total. The van der Waals surface area contributed by atoms with Gasteiger partial charge in [0, 0.05) is 5.02 Å². The molecular formula is C17H15ClFNO4. The lowest BCUT2D eigenvalue weighted by atomic mass is 10.2. The first-order chi connectivity index (χ1) is 11.4. The molecule has 0 radical (unpaired) electrons. The summed E-state index contributed by atoms with van der Waals surface area (Å²) >= 11 is 5.62. The Bertz CT molecular complexity index is 751. The summed E-state index contributed by atoms with van der Waals surface area (Å²) in [5.41, 5.74) is 0.946. The maximum Gasteiger partial charge on any atom is 0.344 e. The van der Waals surface area contributed by atoms with Gasteiger partial charge in [-0.3, -0.25) is 4.79 Å². The number of carbonyl (C=O) groups is 2. The van der Waals surface area contributed by atoms with Crippen LogP contribution in [0.1, 0.15) is 5.56 Å². The molecule has 0 spiro atoms. The van der Waals surface area contributed by atoms with Crippen LogP contribution >= 0.6 is 11.6 Å². The summed E-state index contributed by atoms with van der Waals surface area (Å²) in [6.45, 7) is 1.02. The third-order valence-corrected chi connectivity index (χ3v) is 3.15. The predicted octanol–water partition coefficient (Wildman–Crippen LogP) is 3.35. The van der Waals surface area contributed by atoms with E-state index in [1.165, 1.54) is 12.1 Å². The largest absolute Gasteiger partial charge is 0.482 e. The average Bonchev–Trinajstić information content (AvgIpc) is 2.54. The van der Waals surface area contributed by atoms with Crippen molar-refractivity contribution in [3.63, 3.8) is 0 Å². The number of carbonyl (C=O) groups excluding carboxylic acids is 2. The summed E-state index contributed by atoms with van der Waals surface area (Å²) < 4.78 is 23.5. The normalized spacial score (nSPS) is 10.1. The van der Waals surface area contributed by atoms with Crippen LogP contribution in [0.4, 0.5) is 10.1 Å². The van der Waals surface area contributed by atoms with E-state index in [0.717, 1.165) is 11.6 Å². The highest BCUT2D eigenvalue weighted by Crippen LogP contribution is 2.18. The van der Waals surface area contributed by atoms with Crippen LogP contribution in [0.3, 0.4) is 0 Å². The fourth-order valence-corrected chi connectivity index (χ4v) is 1.97. The quantitative estimate of drug-likeness (QED) is 0.811. The van der Waals surface area contributed by atoms with Gasteiger partial charge in [-0.2, -0.15) is 0 Å². The van der Waals surface area contributed by atoms with E-state index in [2.05, 4.69) is 5.32 Å². The lowest BCUT2D eigenvalue weighted by Crippen LogP contribution is -2.24. The van der Waals surface area contributed by atoms with Crippen molar-refractivity contribution in [2.24, 2.45) is 0 Å². The summed E-state index contributed by atoms with van der Waals surface area (Å²) in [6.07, 6.45) is 0. The second-order valence-electron chi connectivity index (χ2n) is 4.94. The van der Waals surface area contributed by atoms with Crippen molar-refractivity contribution in [3.8, 4) is 5.75 Å². The molecule has 1 amide bonds. The summed E-state index contributed by atoms with van der Waals surface area (Å²) in [7, 11) is 0. The lowest BCUT2D eigenvalue weighted by Gasteiger charge is -2.09. The highest BCUT2D eigenvalue weighted by Gasteiger charge is 2.11. The van der Waals surface area contributed by atoms with Crippen LogP contribution < -0.4 is 10.1 Å². The number of benzene rings is 2. The number of hydrogen-bond acceptors (Lipinski definition) is 4. The molecule has 24 heavy (non-hydrogen) atoms. The van der Waals surface area contributed by atoms with Gasteiger partial charge in [0.15, 0.2) is 13.2 Å². The Kier molecular flexibility index (Phi) is 6.14. The summed E-state index contributed by atoms with van der Waals surface area (Å²) in [5.74, 6) is -1.52. The number of amides is 1. The van der Waals surface area contributed by atoms with Gasteiger partial charge in [-0.05, 0) is 42.8 Å². The van der Waals surface area contributed by atoms with Gasteiger partial charge in [0.1, 0.15) is 11.6 Å². The molecule has 2 aromatic rings. The minimum Gasteiger partial charge on any atom is -0.482 e. The second-order valence-corrected chi connectivity index (χ2v) is 5.37. The number of esters is 1. The topological polar surface area (TPSA) is 64.6 Å². The number of halogens is 2. The molecule has 2 aromatic carbocycles. The van der Waals surface area contributed by atoms with Crippen molar-refractivity contribution < 1.29 is 23.5 Å². The van der Waals surface area contributed by atoms with Crippen molar-refractivity contribution in [3.05, 3.63) is 58.9 Å². The van der Waals surface area contributed by atoms with Crippen molar-refractivity contribution >= 4 is 29.2 Å². The third kappa shape index (κ3) is 5.55. The first-order valence-electron chi connectivity index (χ1n) is 7.04. The molecule has 0 saturated carbocycles. The molecule has 0 fully saturated rings.